The molecule has 2 heterocycles. The molecule has 5 heteroatoms. The average molecular weight is 264 g/mol. The maximum absolute atomic E-state index is 5.91. The highest BCUT2D eigenvalue weighted by atomic mass is 16.7. The Morgan fingerprint density at radius 1 is 1.37 bits per heavy atom. The molecule has 0 amide bonds. The van der Waals surface area contributed by atoms with Crippen molar-refractivity contribution >= 4 is 0 Å². The number of nitrogens with zero attached hydrogens (tertiary/aromatic N) is 1. The molecule has 0 radical (unpaired) electrons. The summed E-state index contributed by atoms with van der Waals surface area (Å²) in [6.45, 7) is 5.78. The second kappa shape index (κ2) is 5.36. The minimum Gasteiger partial charge on any atom is -0.454 e. The molecule has 104 valence electrons. The monoisotopic (exact) mass is 264 g/mol. The van der Waals surface area contributed by atoms with Crippen LogP contribution in [-0.2, 0) is 11.3 Å². The second-order valence-electron chi connectivity index (χ2n) is 5.19. The number of fused-ring (bicyclic) bond motifs is 1. The number of ether oxygens (including phenoxy) is 3. The zero-order valence-corrected chi connectivity index (χ0v) is 11.2. The van der Waals surface area contributed by atoms with Crippen molar-refractivity contribution < 1.29 is 14.2 Å². The normalized spacial score (nSPS) is 24.4. The lowest BCUT2D eigenvalue weighted by Crippen LogP contribution is -2.49. The molecule has 0 aromatic heterocycles. The van der Waals surface area contributed by atoms with Crippen molar-refractivity contribution in [1.82, 2.24) is 4.90 Å². The van der Waals surface area contributed by atoms with E-state index in [1.807, 2.05) is 13.0 Å². The van der Waals surface area contributed by atoms with E-state index in [4.69, 9.17) is 19.9 Å². The minimum atomic E-state index is 0.0690. The third-order valence-electron chi connectivity index (χ3n) is 3.61. The van der Waals surface area contributed by atoms with E-state index in [0.717, 1.165) is 37.7 Å². The molecule has 2 atom stereocenters. The van der Waals surface area contributed by atoms with Crippen LogP contribution in [0.5, 0.6) is 11.5 Å². The van der Waals surface area contributed by atoms with Gasteiger partial charge in [-0.2, -0.15) is 0 Å². The van der Waals surface area contributed by atoms with Gasteiger partial charge in [0, 0.05) is 25.7 Å². The zero-order chi connectivity index (χ0) is 13.2. The summed E-state index contributed by atoms with van der Waals surface area (Å²) in [5.41, 5.74) is 7.14. The Bertz CT molecular complexity index is 450. The summed E-state index contributed by atoms with van der Waals surface area (Å²) in [5.74, 6) is 1.67. The van der Waals surface area contributed by atoms with Crippen LogP contribution in [0, 0.1) is 0 Å². The van der Waals surface area contributed by atoms with Gasteiger partial charge in [0.2, 0.25) is 6.79 Å². The summed E-state index contributed by atoms with van der Waals surface area (Å²) in [7, 11) is 0. The van der Waals surface area contributed by atoms with Crippen LogP contribution in [0.2, 0.25) is 0 Å². The van der Waals surface area contributed by atoms with Crippen LogP contribution in [0.15, 0.2) is 18.2 Å². The fraction of sp³-hybridized carbons (Fsp3) is 0.571. The van der Waals surface area contributed by atoms with Gasteiger partial charge < -0.3 is 19.9 Å². The number of rotatable bonds is 3. The van der Waals surface area contributed by atoms with Gasteiger partial charge in [-0.1, -0.05) is 6.07 Å². The van der Waals surface area contributed by atoms with Crippen molar-refractivity contribution in [3.05, 3.63) is 23.8 Å². The standard InChI is InChI=1S/C14H20N2O3/c1-10(15)14-8-16(4-5-17-14)7-11-2-3-12-13(6-11)19-9-18-12/h2-3,6,10,14H,4-5,7-9,15H2,1H3. The molecule has 0 saturated carbocycles. The van der Waals surface area contributed by atoms with E-state index in [-0.39, 0.29) is 12.1 Å². The number of hydrogen-bond acceptors (Lipinski definition) is 5. The summed E-state index contributed by atoms with van der Waals surface area (Å²) >= 11 is 0. The van der Waals surface area contributed by atoms with E-state index in [0.29, 0.717) is 6.79 Å². The van der Waals surface area contributed by atoms with Crippen molar-refractivity contribution in [3.8, 4) is 11.5 Å². The van der Waals surface area contributed by atoms with E-state index < -0.39 is 0 Å². The Kier molecular flexibility index (Phi) is 3.59. The van der Waals surface area contributed by atoms with Crippen molar-refractivity contribution in [2.75, 3.05) is 26.5 Å². The molecule has 0 spiro atoms. The first kappa shape index (κ1) is 12.7. The lowest BCUT2D eigenvalue weighted by Gasteiger charge is -2.34. The second-order valence-corrected chi connectivity index (χ2v) is 5.19. The SMILES string of the molecule is CC(N)C1CN(Cc2ccc3c(c2)OCO3)CCO1. The van der Waals surface area contributed by atoms with E-state index in [1.165, 1.54) is 5.56 Å². The lowest BCUT2D eigenvalue weighted by atomic mass is 10.1. The highest BCUT2D eigenvalue weighted by molar-refractivity contribution is 5.44. The molecule has 3 rings (SSSR count). The number of morpholine rings is 1. The Morgan fingerprint density at radius 3 is 3.05 bits per heavy atom. The van der Waals surface area contributed by atoms with Crippen LogP contribution in [-0.4, -0.2) is 43.5 Å². The fourth-order valence-electron chi connectivity index (χ4n) is 2.49. The summed E-state index contributed by atoms with van der Waals surface area (Å²) < 4.78 is 16.4. The maximum atomic E-state index is 5.91. The molecular weight excluding hydrogens is 244 g/mol. The largest absolute Gasteiger partial charge is 0.454 e. The van der Waals surface area contributed by atoms with Gasteiger partial charge in [0.05, 0.1) is 12.7 Å². The van der Waals surface area contributed by atoms with Crippen molar-refractivity contribution in [2.24, 2.45) is 5.73 Å². The molecule has 1 aromatic carbocycles. The van der Waals surface area contributed by atoms with Crippen LogP contribution in [0.1, 0.15) is 12.5 Å². The third-order valence-corrected chi connectivity index (χ3v) is 3.61. The third kappa shape index (κ3) is 2.83. The van der Waals surface area contributed by atoms with Gasteiger partial charge in [0.15, 0.2) is 11.5 Å². The number of benzene rings is 1. The average Bonchev–Trinajstić information content (AvgIpc) is 2.86. The van der Waals surface area contributed by atoms with Crippen LogP contribution < -0.4 is 15.2 Å². The molecule has 19 heavy (non-hydrogen) atoms. The van der Waals surface area contributed by atoms with Gasteiger partial charge in [-0.15, -0.1) is 0 Å². The molecule has 1 aromatic rings. The quantitative estimate of drug-likeness (QED) is 0.881. The lowest BCUT2D eigenvalue weighted by molar-refractivity contribution is -0.0403. The molecule has 1 fully saturated rings. The van der Waals surface area contributed by atoms with Crippen LogP contribution in [0.25, 0.3) is 0 Å². The molecule has 2 aliphatic rings. The first-order valence-electron chi connectivity index (χ1n) is 6.70. The Morgan fingerprint density at radius 2 is 2.21 bits per heavy atom. The minimum absolute atomic E-state index is 0.0690. The van der Waals surface area contributed by atoms with Gasteiger partial charge in [-0.3, -0.25) is 4.90 Å². The summed E-state index contributed by atoms with van der Waals surface area (Å²) in [5, 5.41) is 0. The van der Waals surface area contributed by atoms with Gasteiger partial charge in [-0.05, 0) is 24.6 Å². The molecule has 1 saturated heterocycles. The summed E-state index contributed by atoms with van der Waals surface area (Å²) in [6.07, 6.45) is 0.128. The highest BCUT2D eigenvalue weighted by Crippen LogP contribution is 2.32. The van der Waals surface area contributed by atoms with Gasteiger partial charge in [0.25, 0.3) is 0 Å². The Hall–Kier alpha value is -1.30. The van der Waals surface area contributed by atoms with Gasteiger partial charge >= 0.3 is 0 Å². The van der Waals surface area contributed by atoms with Crippen molar-refractivity contribution in [1.29, 1.82) is 0 Å². The predicted molar refractivity (Wildman–Crippen MR) is 71.2 cm³/mol. The molecule has 0 bridgehead atoms. The van der Waals surface area contributed by atoms with E-state index in [1.54, 1.807) is 0 Å². The Labute approximate surface area is 113 Å². The predicted octanol–water partition coefficient (Wildman–Crippen LogP) is 0.963. The fourth-order valence-corrected chi connectivity index (χ4v) is 2.49. The van der Waals surface area contributed by atoms with E-state index in [2.05, 4.69) is 17.0 Å². The van der Waals surface area contributed by atoms with Crippen LogP contribution in [0.3, 0.4) is 0 Å². The number of nitrogens with two attached hydrogens (primary N) is 1. The Balaban J connectivity index is 1.64. The first-order valence-corrected chi connectivity index (χ1v) is 6.70. The molecular formula is C14H20N2O3. The van der Waals surface area contributed by atoms with Crippen LogP contribution in [0.4, 0.5) is 0 Å². The van der Waals surface area contributed by atoms with Crippen molar-refractivity contribution in [3.63, 3.8) is 0 Å². The highest BCUT2D eigenvalue weighted by Gasteiger charge is 2.23. The maximum Gasteiger partial charge on any atom is 0.231 e. The molecule has 2 unspecified atom stereocenters. The zero-order valence-electron chi connectivity index (χ0n) is 11.2. The molecule has 5 nitrogen and oxygen atoms in total. The van der Waals surface area contributed by atoms with Crippen molar-refractivity contribution in [2.45, 2.75) is 25.6 Å². The smallest absolute Gasteiger partial charge is 0.231 e. The van der Waals surface area contributed by atoms with Crippen LogP contribution >= 0.6 is 0 Å². The summed E-state index contributed by atoms with van der Waals surface area (Å²) in [4.78, 5) is 2.37. The van der Waals surface area contributed by atoms with E-state index in [9.17, 15) is 0 Å². The van der Waals surface area contributed by atoms with E-state index >= 15 is 0 Å². The van der Waals surface area contributed by atoms with Gasteiger partial charge in [0.1, 0.15) is 0 Å². The molecule has 0 aliphatic carbocycles. The molecule has 2 aliphatic heterocycles. The van der Waals surface area contributed by atoms with Gasteiger partial charge in [-0.25, -0.2) is 0 Å². The first-order chi connectivity index (χ1) is 9.22. The molecule has 2 N–H and O–H groups in total. The topological polar surface area (TPSA) is 57.0 Å². The number of hydrogen-bond donors (Lipinski definition) is 1. The summed E-state index contributed by atoms with van der Waals surface area (Å²) in [6, 6.07) is 6.18.